The highest BCUT2D eigenvalue weighted by Gasteiger charge is 2.20. The molecule has 1 aliphatic heterocycles. The smallest absolute Gasteiger partial charge is 0.203 e. The van der Waals surface area contributed by atoms with Gasteiger partial charge in [0.25, 0.3) is 0 Å². The first-order valence-electron chi connectivity index (χ1n) is 7.27. The molecule has 4 heteroatoms. The number of ether oxygens (including phenoxy) is 3. The second-order valence-corrected chi connectivity index (χ2v) is 5.81. The standard InChI is InChI=1S/C16H25NO3/c1-5-6-16(2,3)17-11-12-9-13(18-4)15-14(10-12)19-7-8-20-15/h9-10,17H,5-8,11H2,1-4H3. The summed E-state index contributed by atoms with van der Waals surface area (Å²) in [5, 5.41) is 3.58. The Morgan fingerprint density at radius 2 is 2.00 bits per heavy atom. The van der Waals surface area contributed by atoms with E-state index in [0.29, 0.717) is 13.2 Å². The summed E-state index contributed by atoms with van der Waals surface area (Å²) >= 11 is 0. The van der Waals surface area contributed by atoms with Gasteiger partial charge in [-0.3, -0.25) is 0 Å². The number of nitrogens with one attached hydrogen (secondary N) is 1. The largest absolute Gasteiger partial charge is 0.493 e. The van der Waals surface area contributed by atoms with Crippen LogP contribution < -0.4 is 19.5 Å². The Bertz CT molecular complexity index is 440. The molecule has 1 heterocycles. The van der Waals surface area contributed by atoms with E-state index in [1.54, 1.807) is 7.11 Å². The monoisotopic (exact) mass is 279 g/mol. The minimum atomic E-state index is 0.134. The Hall–Kier alpha value is -1.42. The number of benzene rings is 1. The number of fused-ring (bicyclic) bond motifs is 1. The van der Waals surface area contributed by atoms with Gasteiger partial charge in [-0.2, -0.15) is 0 Å². The molecule has 0 atom stereocenters. The molecule has 1 aliphatic rings. The van der Waals surface area contributed by atoms with E-state index >= 15 is 0 Å². The highest BCUT2D eigenvalue weighted by molar-refractivity contribution is 5.54. The van der Waals surface area contributed by atoms with Crippen LogP contribution in [0.1, 0.15) is 39.2 Å². The van der Waals surface area contributed by atoms with Crippen LogP contribution in [0, 0.1) is 0 Å². The van der Waals surface area contributed by atoms with Gasteiger partial charge < -0.3 is 19.5 Å². The molecule has 4 nitrogen and oxygen atoms in total. The van der Waals surface area contributed by atoms with Gasteiger partial charge in [0.1, 0.15) is 13.2 Å². The van der Waals surface area contributed by atoms with Gasteiger partial charge >= 0.3 is 0 Å². The lowest BCUT2D eigenvalue weighted by Crippen LogP contribution is -2.38. The van der Waals surface area contributed by atoms with E-state index < -0.39 is 0 Å². The van der Waals surface area contributed by atoms with Crippen LogP contribution in [-0.4, -0.2) is 25.9 Å². The molecular weight excluding hydrogens is 254 g/mol. The van der Waals surface area contributed by atoms with Crippen molar-refractivity contribution in [3.05, 3.63) is 17.7 Å². The number of methoxy groups -OCH3 is 1. The molecule has 1 aromatic carbocycles. The van der Waals surface area contributed by atoms with Gasteiger partial charge in [0.05, 0.1) is 7.11 Å². The van der Waals surface area contributed by atoms with Crippen LogP contribution >= 0.6 is 0 Å². The first-order chi connectivity index (χ1) is 9.55. The maximum Gasteiger partial charge on any atom is 0.203 e. The lowest BCUT2D eigenvalue weighted by Gasteiger charge is -2.27. The summed E-state index contributed by atoms with van der Waals surface area (Å²) in [5.41, 5.74) is 1.28. The van der Waals surface area contributed by atoms with Gasteiger partial charge in [-0.15, -0.1) is 0 Å². The molecule has 0 aliphatic carbocycles. The molecule has 1 N–H and O–H groups in total. The fourth-order valence-electron chi connectivity index (χ4n) is 2.48. The first-order valence-corrected chi connectivity index (χ1v) is 7.27. The molecule has 0 saturated carbocycles. The Labute approximate surface area is 121 Å². The van der Waals surface area contributed by atoms with E-state index in [9.17, 15) is 0 Å². The van der Waals surface area contributed by atoms with E-state index in [1.165, 1.54) is 6.42 Å². The van der Waals surface area contributed by atoms with Gasteiger partial charge in [-0.25, -0.2) is 0 Å². The lowest BCUT2D eigenvalue weighted by atomic mass is 9.98. The Morgan fingerprint density at radius 3 is 2.70 bits per heavy atom. The predicted octanol–water partition coefficient (Wildman–Crippen LogP) is 3.13. The summed E-state index contributed by atoms with van der Waals surface area (Å²) in [6.45, 7) is 8.62. The molecule has 112 valence electrons. The third kappa shape index (κ3) is 3.57. The second kappa shape index (κ2) is 6.35. The minimum absolute atomic E-state index is 0.134. The van der Waals surface area contributed by atoms with Gasteiger partial charge in [-0.05, 0) is 38.0 Å². The fraction of sp³-hybridized carbons (Fsp3) is 0.625. The molecular formula is C16H25NO3. The zero-order chi connectivity index (χ0) is 14.6. The van der Waals surface area contributed by atoms with E-state index in [-0.39, 0.29) is 5.54 Å². The van der Waals surface area contributed by atoms with E-state index in [1.807, 2.05) is 12.1 Å². The molecule has 0 saturated heterocycles. The molecule has 0 amide bonds. The molecule has 20 heavy (non-hydrogen) atoms. The number of rotatable bonds is 6. The van der Waals surface area contributed by atoms with Crippen LogP contribution in [0.2, 0.25) is 0 Å². The van der Waals surface area contributed by atoms with Crippen molar-refractivity contribution in [3.8, 4) is 17.2 Å². The Balaban J connectivity index is 2.12. The zero-order valence-electron chi connectivity index (χ0n) is 12.9. The summed E-state index contributed by atoms with van der Waals surface area (Å²) in [6.07, 6.45) is 2.32. The molecule has 0 bridgehead atoms. The van der Waals surface area contributed by atoms with Crippen molar-refractivity contribution in [3.63, 3.8) is 0 Å². The van der Waals surface area contributed by atoms with Crippen molar-refractivity contribution in [2.24, 2.45) is 0 Å². The summed E-state index contributed by atoms with van der Waals surface area (Å²) in [5.74, 6) is 2.24. The van der Waals surface area contributed by atoms with Crippen LogP contribution in [0.25, 0.3) is 0 Å². The third-order valence-corrected chi connectivity index (χ3v) is 3.53. The topological polar surface area (TPSA) is 39.7 Å². The Morgan fingerprint density at radius 1 is 1.25 bits per heavy atom. The van der Waals surface area contributed by atoms with Crippen molar-refractivity contribution >= 4 is 0 Å². The van der Waals surface area contributed by atoms with Crippen molar-refractivity contribution in [1.82, 2.24) is 5.32 Å². The summed E-state index contributed by atoms with van der Waals surface area (Å²) < 4.78 is 16.7. The summed E-state index contributed by atoms with van der Waals surface area (Å²) in [4.78, 5) is 0. The van der Waals surface area contributed by atoms with Gasteiger partial charge in [0.2, 0.25) is 5.75 Å². The fourth-order valence-corrected chi connectivity index (χ4v) is 2.48. The maximum absolute atomic E-state index is 5.65. The molecule has 0 unspecified atom stereocenters. The van der Waals surface area contributed by atoms with Crippen molar-refractivity contribution < 1.29 is 14.2 Å². The number of hydrogen-bond acceptors (Lipinski definition) is 4. The van der Waals surface area contributed by atoms with Gasteiger partial charge in [0, 0.05) is 12.1 Å². The van der Waals surface area contributed by atoms with Crippen molar-refractivity contribution in [2.45, 2.75) is 45.7 Å². The summed E-state index contributed by atoms with van der Waals surface area (Å²) in [7, 11) is 1.66. The van der Waals surface area contributed by atoms with Gasteiger partial charge in [0.15, 0.2) is 11.5 Å². The molecule has 0 radical (unpaired) electrons. The van der Waals surface area contributed by atoms with E-state index in [4.69, 9.17) is 14.2 Å². The normalized spacial score (nSPS) is 14.2. The molecule has 0 aromatic heterocycles. The average molecular weight is 279 g/mol. The van der Waals surface area contributed by atoms with Crippen molar-refractivity contribution in [2.75, 3.05) is 20.3 Å². The number of hydrogen-bond donors (Lipinski definition) is 1. The average Bonchev–Trinajstić information content (AvgIpc) is 2.44. The van der Waals surface area contributed by atoms with Crippen LogP contribution in [0.5, 0.6) is 17.2 Å². The maximum atomic E-state index is 5.65. The predicted molar refractivity (Wildman–Crippen MR) is 79.8 cm³/mol. The second-order valence-electron chi connectivity index (χ2n) is 5.81. The van der Waals surface area contributed by atoms with Crippen LogP contribution in [0.15, 0.2) is 12.1 Å². The third-order valence-electron chi connectivity index (χ3n) is 3.53. The SMILES string of the molecule is CCCC(C)(C)NCc1cc(OC)c2c(c1)OCCO2. The molecule has 0 spiro atoms. The van der Waals surface area contributed by atoms with Crippen molar-refractivity contribution in [1.29, 1.82) is 0 Å². The Kier molecular flexibility index (Phi) is 4.76. The molecule has 0 fully saturated rings. The van der Waals surface area contributed by atoms with Crippen LogP contribution in [0.4, 0.5) is 0 Å². The van der Waals surface area contributed by atoms with Gasteiger partial charge in [-0.1, -0.05) is 13.3 Å². The van der Waals surface area contributed by atoms with Crippen LogP contribution in [-0.2, 0) is 6.54 Å². The van der Waals surface area contributed by atoms with E-state index in [0.717, 1.165) is 35.8 Å². The highest BCUT2D eigenvalue weighted by atomic mass is 16.6. The molecule has 1 aromatic rings. The first kappa shape index (κ1) is 15.0. The highest BCUT2D eigenvalue weighted by Crippen LogP contribution is 2.40. The lowest BCUT2D eigenvalue weighted by molar-refractivity contribution is 0.165. The summed E-state index contributed by atoms with van der Waals surface area (Å²) in [6, 6.07) is 4.05. The van der Waals surface area contributed by atoms with E-state index in [2.05, 4.69) is 26.1 Å². The zero-order valence-corrected chi connectivity index (χ0v) is 12.9. The molecule has 2 rings (SSSR count). The minimum Gasteiger partial charge on any atom is -0.493 e. The quantitative estimate of drug-likeness (QED) is 0.868. The van der Waals surface area contributed by atoms with Crippen LogP contribution in [0.3, 0.4) is 0 Å².